The van der Waals surface area contributed by atoms with Crippen LogP contribution in [0.15, 0.2) is 59.5 Å². The number of aryl methyl sites for hydroxylation is 1. The number of rotatable bonds is 9. The van der Waals surface area contributed by atoms with Gasteiger partial charge in [0.2, 0.25) is 11.8 Å². The van der Waals surface area contributed by atoms with Gasteiger partial charge in [-0.15, -0.1) is 11.8 Å². The maximum Gasteiger partial charge on any atom is 0.242 e. The summed E-state index contributed by atoms with van der Waals surface area (Å²) in [4.78, 5) is 29.1. The molecule has 1 fully saturated rings. The summed E-state index contributed by atoms with van der Waals surface area (Å²) in [5.74, 6) is 0.683. The minimum atomic E-state index is -0.488. The van der Waals surface area contributed by atoms with Gasteiger partial charge in [-0.25, -0.2) is 0 Å². The van der Waals surface area contributed by atoms with E-state index in [1.807, 2.05) is 44.2 Å². The molecule has 3 rings (SSSR count). The van der Waals surface area contributed by atoms with E-state index < -0.39 is 6.04 Å². The van der Waals surface area contributed by atoms with Gasteiger partial charge in [0.1, 0.15) is 6.04 Å². The van der Waals surface area contributed by atoms with Crippen LogP contribution in [0.1, 0.15) is 56.6 Å². The van der Waals surface area contributed by atoms with Crippen molar-refractivity contribution in [2.24, 2.45) is 0 Å². The lowest BCUT2D eigenvalue weighted by Gasteiger charge is -2.31. The molecule has 0 aromatic heterocycles. The Labute approximate surface area is 190 Å². The fourth-order valence-electron chi connectivity index (χ4n) is 3.96. The Morgan fingerprint density at radius 2 is 1.71 bits per heavy atom. The molecular weight excluding hydrogens is 404 g/mol. The molecule has 0 heterocycles. The molecule has 0 saturated heterocycles. The molecule has 0 spiro atoms. The van der Waals surface area contributed by atoms with E-state index in [-0.39, 0.29) is 17.9 Å². The molecule has 2 aromatic carbocycles. The molecule has 2 aromatic rings. The maximum absolute atomic E-state index is 13.2. The van der Waals surface area contributed by atoms with Gasteiger partial charge in [0.15, 0.2) is 0 Å². The molecule has 1 aliphatic carbocycles. The minimum absolute atomic E-state index is 0.0234. The average Bonchev–Trinajstić information content (AvgIpc) is 2.79. The van der Waals surface area contributed by atoms with Crippen molar-refractivity contribution in [1.82, 2.24) is 10.2 Å². The Hall–Kier alpha value is -2.27. The number of nitrogens with zero attached hydrogens (tertiary/aromatic N) is 1. The Kier molecular flexibility index (Phi) is 9.01. The first kappa shape index (κ1) is 23.4. The van der Waals surface area contributed by atoms with Crippen molar-refractivity contribution in [3.05, 3.63) is 65.7 Å². The zero-order chi connectivity index (χ0) is 22.1. The molecule has 4 nitrogen and oxygen atoms in total. The van der Waals surface area contributed by atoms with E-state index in [1.165, 1.54) is 24.8 Å². The quantitative estimate of drug-likeness (QED) is 0.537. The Balaban J connectivity index is 1.64. The first-order valence-corrected chi connectivity index (χ1v) is 12.3. The second-order valence-electron chi connectivity index (χ2n) is 8.44. The SMILES string of the molecule is Cc1ccc(CN(C(=O)CCSc2ccccc2)C(C)C(=O)NC2CCCCC2)cc1. The van der Waals surface area contributed by atoms with Crippen LogP contribution in [0, 0.1) is 6.92 Å². The van der Waals surface area contributed by atoms with E-state index >= 15 is 0 Å². The predicted molar refractivity (Wildman–Crippen MR) is 128 cm³/mol. The van der Waals surface area contributed by atoms with Crippen molar-refractivity contribution in [2.45, 2.75) is 75.9 Å². The van der Waals surface area contributed by atoms with Crippen molar-refractivity contribution >= 4 is 23.6 Å². The molecule has 166 valence electrons. The van der Waals surface area contributed by atoms with Gasteiger partial charge < -0.3 is 10.2 Å². The van der Waals surface area contributed by atoms with E-state index in [1.54, 1.807) is 16.7 Å². The zero-order valence-corrected chi connectivity index (χ0v) is 19.5. The first-order valence-electron chi connectivity index (χ1n) is 11.4. The number of hydrogen-bond acceptors (Lipinski definition) is 3. The van der Waals surface area contributed by atoms with Crippen LogP contribution in [0.2, 0.25) is 0 Å². The minimum Gasteiger partial charge on any atom is -0.352 e. The van der Waals surface area contributed by atoms with Crippen LogP contribution >= 0.6 is 11.8 Å². The number of carbonyl (C=O) groups is 2. The van der Waals surface area contributed by atoms with Crippen LogP contribution in [0.3, 0.4) is 0 Å². The highest BCUT2D eigenvalue weighted by atomic mass is 32.2. The summed E-state index contributed by atoms with van der Waals surface area (Å²) in [7, 11) is 0. The lowest BCUT2D eigenvalue weighted by atomic mass is 9.95. The summed E-state index contributed by atoms with van der Waals surface area (Å²) in [6.07, 6.45) is 6.08. The number of benzene rings is 2. The standard InChI is InChI=1S/C26H34N2O2S/c1-20-13-15-22(16-14-20)19-28(21(2)26(30)27-23-9-5-3-6-10-23)25(29)17-18-31-24-11-7-4-8-12-24/h4,7-8,11-16,21,23H,3,5-6,9-10,17-19H2,1-2H3,(H,27,30). The third-order valence-electron chi connectivity index (χ3n) is 5.92. The zero-order valence-electron chi connectivity index (χ0n) is 18.7. The molecule has 0 aliphatic heterocycles. The van der Waals surface area contributed by atoms with Gasteiger partial charge in [-0.2, -0.15) is 0 Å². The van der Waals surface area contributed by atoms with E-state index in [2.05, 4.69) is 29.6 Å². The summed E-state index contributed by atoms with van der Waals surface area (Å²) in [6.45, 7) is 4.36. The van der Waals surface area contributed by atoms with Gasteiger partial charge in [0.05, 0.1) is 0 Å². The topological polar surface area (TPSA) is 49.4 Å². The van der Waals surface area contributed by atoms with E-state index in [4.69, 9.17) is 0 Å². The first-order chi connectivity index (χ1) is 15.0. The van der Waals surface area contributed by atoms with E-state index in [0.29, 0.717) is 18.7 Å². The van der Waals surface area contributed by atoms with Gasteiger partial charge in [0, 0.05) is 29.7 Å². The molecule has 1 aliphatic rings. The molecule has 1 N–H and O–H groups in total. The second-order valence-corrected chi connectivity index (χ2v) is 9.61. The lowest BCUT2D eigenvalue weighted by Crippen LogP contribution is -2.50. The van der Waals surface area contributed by atoms with Gasteiger partial charge in [-0.05, 0) is 44.4 Å². The van der Waals surface area contributed by atoms with Crippen molar-refractivity contribution in [1.29, 1.82) is 0 Å². The normalized spacial score (nSPS) is 15.3. The molecule has 0 bridgehead atoms. The maximum atomic E-state index is 13.2. The van der Waals surface area contributed by atoms with Crippen LogP contribution < -0.4 is 5.32 Å². The molecular formula is C26H34N2O2S. The predicted octanol–water partition coefficient (Wildman–Crippen LogP) is 5.34. The number of nitrogens with one attached hydrogen (secondary N) is 1. The molecule has 31 heavy (non-hydrogen) atoms. The number of amides is 2. The highest BCUT2D eigenvalue weighted by molar-refractivity contribution is 7.99. The van der Waals surface area contributed by atoms with Gasteiger partial charge >= 0.3 is 0 Å². The van der Waals surface area contributed by atoms with Crippen LogP contribution in [0.25, 0.3) is 0 Å². The largest absolute Gasteiger partial charge is 0.352 e. The molecule has 1 saturated carbocycles. The Morgan fingerprint density at radius 3 is 2.39 bits per heavy atom. The molecule has 1 atom stereocenters. The fourth-order valence-corrected chi connectivity index (χ4v) is 4.82. The smallest absolute Gasteiger partial charge is 0.242 e. The number of hydrogen-bond donors (Lipinski definition) is 1. The average molecular weight is 439 g/mol. The molecule has 0 radical (unpaired) electrons. The van der Waals surface area contributed by atoms with Crippen LogP contribution in [-0.2, 0) is 16.1 Å². The monoisotopic (exact) mass is 438 g/mol. The van der Waals surface area contributed by atoms with Crippen molar-refractivity contribution in [2.75, 3.05) is 5.75 Å². The third-order valence-corrected chi connectivity index (χ3v) is 6.93. The summed E-state index contributed by atoms with van der Waals surface area (Å²) in [5, 5.41) is 3.19. The van der Waals surface area contributed by atoms with Gasteiger partial charge in [0.25, 0.3) is 0 Å². The van der Waals surface area contributed by atoms with E-state index in [0.717, 1.165) is 23.3 Å². The fraction of sp³-hybridized carbons (Fsp3) is 0.462. The number of carbonyl (C=O) groups excluding carboxylic acids is 2. The van der Waals surface area contributed by atoms with Gasteiger partial charge in [-0.1, -0.05) is 67.3 Å². The number of thioether (sulfide) groups is 1. The van der Waals surface area contributed by atoms with Crippen LogP contribution in [0.4, 0.5) is 0 Å². The van der Waals surface area contributed by atoms with Crippen molar-refractivity contribution in [3.8, 4) is 0 Å². The summed E-state index contributed by atoms with van der Waals surface area (Å²) < 4.78 is 0. The highest BCUT2D eigenvalue weighted by Crippen LogP contribution is 2.21. The van der Waals surface area contributed by atoms with Crippen LogP contribution in [0.5, 0.6) is 0 Å². The molecule has 2 amide bonds. The third kappa shape index (κ3) is 7.42. The van der Waals surface area contributed by atoms with Gasteiger partial charge in [-0.3, -0.25) is 9.59 Å². The molecule has 5 heteroatoms. The summed E-state index contributed by atoms with van der Waals surface area (Å²) in [6, 6.07) is 18.1. The molecule has 1 unspecified atom stereocenters. The Bertz CT molecular complexity index is 832. The summed E-state index contributed by atoms with van der Waals surface area (Å²) >= 11 is 1.67. The second kappa shape index (κ2) is 11.9. The highest BCUT2D eigenvalue weighted by Gasteiger charge is 2.27. The van der Waals surface area contributed by atoms with E-state index in [9.17, 15) is 9.59 Å². The van der Waals surface area contributed by atoms with Crippen LogP contribution in [-0.4, -0.2) is 34.6 Å². The van der Waals surface area contributed by atoms with Crippen molar-refractivity contribution in [3.63, 3.8) is 0 Å². The summed E-state index contributed by atoms with van der Waals surface area (Å²) in [5.41, 5.74) is 2.23. The Morgan fingerprint density at radius 1 is 1.03 bits per heavy atom. The lowest BCUT2D eigenvalue weighted by molar-refractivity contribution is -0.140. The van der Waals surface area contributed by atoms with Crippen molar-refractivity contribution < 1.29 is 9.59 Å².